The average molecular weight is 343 g/mol. The molecule has 2 aromatic carbocycles. The quantitative estimate of drug-likeness (QED) is 0.397. The van der Waals surface area contributed by atoms with E-state index in [2.05, 4.69) is 4.98 Å². The predicted molar refractivity (Wildman–Crippen MR) is 102 cm³/mol. The van der Waals surface area contributed by atoms with Crippen LogP contribution in [0.3, 0.4) is 0 Å². The zero-order valence-electron chi connectivity index (χ0n) is 14.8. The molecule has 0 atom stereocenters. The third-order valence-electron chi connectivity index (χ3n) is 4.75. The fourth-order valence-corrected chi connectivity index (χ4v) is 3.10. The lowest BCUT2D eigenvalue weighted by Crippen LogP contribution is -2.10. The second-order valence-electron chi connectivity index (χ2n) is 6.53. The molecule has 0 aliphatic carbocycles. The van der Waals surface area contributed by atoms with Crippen molar-refractivity contribution >= 4 is 27.9 Å². The Morgan fingerprint density at radius 2 is 1.62 bits per heavy atom. The van der Waals surface area contributed by atoms with E-state index >= 15 is 0 Å². The molecule has 0 bridgehead atoms. The number of carbonyl (C=O) groups is 1. The van der Waals surface area contributed by atoms with Crippen LogP contribution in [0.15, 0.2) is 57.7 Å². The molecule has 0 fully saturated rings. The number of ketones is 1. The Hall–Kier alpha value is -3.27. The van der Waals surface area contributed by atoms with E-state index in [-0.39, 0.29) is 16.9 Å². The first-order valence-electron chi connectivity index (χ1n) is 8.41. The van der Waals surface area contributed by atoms with E-state index in [0.717, 1.165) is 11.1 Å². The molecule has 0 unspecified atom stereocenters. The maximum atomic E-state index is 13.0. The summed E-state index contributed by atoms with van der Waals surface area (Å²) < 4.78 is 5.86. The number of pyridine rings is 1. The SMILES string of the molecule is Cc1cc2oc3nc(C)c(C(=O)c4ccccc4)cc3c(=O)c2cc1C. The summed E-state index contributed by atoms with van der Waals surface area (Å²) in [5.41, 5.74) is 4.19. The maximum absolute atomic E-state index is 13.0. The highest BCUT2D eigenvalue weighted by atomic mass is 16.3. The number of aromatic nitrogens is 1. The topological polar surface area (TPSA) is 60.2 Å². The van der Waals surface area contributed by atoms with E-state index in [1.165, 1.54) is 0 Å². The van der Waals surface area contributed by atoms with Crippen molar-refractivity contribution in [3.8, 4) is 0 Å². The van der Waals surface area contributed by atoms with Gasteiger partial charge in [0.05, 0.1) is 16.5 Å². The summed E-state index contributed by atoms with van der Waals surface area (Å²) in [5.74, 6) is -0.155. The minimum Gasteiger partial charge on any atom is -0.437 e. The molecule has 0 aliphatic rings. The first-order valence-corrected chi connectivity index (χ1v) is 8.41. The molecule has 128 valence electrons. The molecule has 2 heterocycles. The zero-order valence-corrected chi connectivity index (χ0v) is 14.8. The number of rotatable bonds is 2. The monoisotopic (exact) mass is 343 g/mol. The van der Waals surface area contributed by atoms with Gasteiger partial charge in [-0.2, -0.15) is 0 Å². The van der Waals surface area contributed by atoms with Gasteiger partial charge in [0, 0.05) is 11.1 Å². The summed E-state index contributed by atoms with van der Waals surface area (Å²) in [4.78, 5) is 30.2. The first kappa shape index (κ1) is 16.2. The second kappa shape index (κ2) is 5.92. The van der Waals surface area contributed by atoms with Gasteiger partial charge in [-0.25, -0.2) is 4.98 Å². The van der Waals surface area contributed by atoms with Gasteiger partial charge in [-0.15, -0.1) is 0 Å². The van der Waals surface area contributed by atoms with Crippen LogP contribution in [-0.4, -0.2) is 10.8 Å². The lowest BCUT2D eigenvalue weighted by molar-refractivity contribution is 0.103. The number of benzene rings is 2. The van der Waals surface area contributed by atoms with Crippen molar-refractivity contribution < 1.29 is 9.21 Å². The highest BCUT2D eigenvalue weighted by Gasteiger charge is 2.17. The predicted octanol–water partition coefficient (Wildman–Crippen LogP) is 4.50. The van der Waals surface area contributed by atoms with Crippen LogP contribution in [0, 0.1) is 20.8 Å². The number of nitrogens with zero attached hydrogens (tertiary/aromatic N) is 1. The van der Waals surface area contributed by atoms with Crippen molar-refractivity contribution in [3.63, 3.8) is 0 Å². The number of hydrogen-bond donors (Lipinski definition) is 0. The Kier molecular flexibility index (Phi) is 3.69. The molecule has 0 saturated heterocycles. The van der Waals surface area contributed by atoms with Gasteiger partial charge >= 0.3 is 0 Å². The number of aryl methyl sites for hydroxylation is 3. The molecule has 0 aliphatic heterocycles. The smallest absolute Gasteiger partial charge is 0.230 e. The lowest BCUT2D eigenvalue weighted by Gasteiger charge is -2.08. The Bertz CT molecular complexity index is 1240. The second-order valence-corrected chi connectivity index (χ2v) is 6.53. The zero-order chi connectivity index (χ0) is 18.4. The molecular formula is C22H17NO3. The van der Waals surface area contributed by atoms with Crippen LogP contribution in [0.2, 0.25) is 0 Å². The summed E-state index contributed by atoms with van der Waals surface area (Å²) >= 11 is 0. The van der Waals surface area contributed by atoms with E-state index in [1.807, 2.05) is 44.2 Å². The number of hydrogen-bond acceptors (Lipinski definition) is 4. The molecule has 2 aromatic heterocycles. The van der Waals surface area contributed by atoms with Gasteiger partial charge in [0.2, 0.25) is 11.1 Å². The van der Waals surface area contributed by atoms with Gasteiger partial charge in [-0.1, -0.05) is 30.3 Å². The Morgan fingerprint density at radius 1 is 0.923 bits per heavy atom. The maximum Gasteiger partial charge on any atom is 0.230 e. The Labute approximate surface area is 150 Å². The van der Waals surface area contributed by atoms with Crippen molar-refractivity contribution in [1.82, 2.24) is 4.98 Å². The van der Waals surface area contributed by atoms with Crippen LogP contribution >= 0.6 is 0 Å². The van der Waals surface area contributed by atoms with Crippen molar-refractivity contribution in [2.24, 2.45) is 0 Å². The standard InChI is InChI=1S/C22H17NO3/c1-12-9-17-19(10-13(12)2)26-22-18(21(17)25)11-16(14(3)23-22)20(24)15-7-5-4-6-8-15/h4-11H,1-3H3. The normalized spacial score (nSPS) is 11.2. The van der Waals surface area contributed by atoms with Crippen LogP contribution in [-0.2, 0) is 0 Å². The van der Waals surface area contributed by atoms with E-state index in [0.29, 0.717) is 33.2 Å². The van der Waals surface area contributed by atoms with Crippen molar-refractivity contribution in [2.45, 2.75) is 20.8 Å². The Balaban J connectivity index is 2.01. The fourth-order valence-electron chi connectivity index (χ4n) is 3.10. The number of fused-ring (bicyclic) bond motifs is 2. The van der Waals surface area contributed by atoms with Gasteiger partial charge in [0.25, 0.3) is 0 Å². The van der Waals surface area contributed by atoms with Gasteiger partial charge in [-0.05, 0) is 50.1 Å². The van der Waals surface area contributed by atoms with Gasteiger partial charge < -0.3 is 4.42 Å². The van der Waals surface area contributed by atoms with Crippen LogP contribution in [0.5, 0.6) is 0 Å². The van der Waals surface area contributed by atoms with E-state index in [9.17, 15) is 9.59 Å². The molecule has 26 heavy (non-hydrogen) atoms. The highest BCUT2D eigenvalue weighted by Crippen LogP contribution is 2.23. The third-order valence-corrected chi connectivity index (χ3v) is 4.75. The molecule has 4 aromatic rings. The van der Waals surface area contributed by atoms with Gasteiger partial charge in [0.1, 0.15) is 5.58 Å². The largest absolute Gasteiger partial charge is 0.437 e. The van der Waals surface area contributed by atoms with Crippen LogP contribution in [0.4, 0.5) is 0 Å². The molecular weight excluding hydrogens is 326 g/mol. The molecule has 0 amide bonds. The Morgan fingerprint density at radius 3 is 2.35 bits per heavy atom. The first-order chi connectivity index (χ1) is 12.5. The molecule has 0 spiro atoms. The minimum absolute atomic E-state index is 0.155. The molecule has 4 rings (SSSR count). The van der Waals surface area contributed by atoms with Crippen LogP contribution in [0.25, 0.3) is 22.1 Å². The number of carbonyl (C=O) groups excluding carboxylic acids is 1. The summed E-state index contributed by atoms with van der Waals surface area (Å²) in [5, 5.41) is 0.829. The summed E-state index contributed by atoms with van der Waals surface area (Å²) in [7, 11) is 0. The van der Waals surface area contributed by atoms with Crippen LogP contribution in [0.1, 0.15) is 32.7 Å². The van der Waals surface area contributed by atoms with E-state index in [1.54, 1.807) is 25.1 Å². The molecule has 4 heteroatoms. The molecule has 4 nitrogen and oxygen atoms in total. The van der Waals surface area contributed by atoms with Crippen molar-refractivity contribution in [2.75, 3.05) is 0 Å². The fraction of sp³-hybridized carbons (Fsp3) is 0.136. The highest BCUT2D eigenvalue weighted by molar-refractivity contribution is 6.11. The summed E-state index contributed by atoms with van der Waals surface area (Å²) in [6.45, 7) is 5.68. The average Bonchev–Trinajstić information content (AvgIpc) is 2.63. The molecule has 0 radical (unpaired) electrons. The van der Waals surface area contributed by atoms with Crippen LogP contribution < -0.4 is 5.43 Å². The van der Waals surface area contributed by atoms with Gasteiger partial charge in [-0.3, -0.25) is 9.59 Å². The van der Waals surface area contributed by atoms with E-state index < -0.39 is 0 Å². The van der Waals surface area contributed by atoms with E-state index in [4.69, 9.17) is 4.42 Å². The summed E-state index contributed by atoms with van der Waals surface area (Å²) in [6.07, 6.45) is 0. The van der Waals surface area contributed by atoms with Gasteiger partial charge in [0.15, 0.2) is 5.78 Å². The van der Waals surface area contributed by atoms with Crippen molar-refractivity contribution in [3.05, 3.63) is 86.7 Å². The lowest BCUT2D eigenvalue weighted by atomic mass is 10.0. The molecule has 0 saturated carbocycles. The third kappa shape index (κ3) is 2.51. The summed E-state index contributed by atoms with van der Waals surface area (Å²) in [6, 6.07) is 14.3. The minimum atomic E-state index is -0.168. The van der Waals surface area contributed by atoms with Crippen molar-refractivity contribution in [1.29, 1.82) is 0 Å². The molecule has 0 N–H and O–H groups in total.